The summed E-state index contributed by atoms with van der Waals surface area (Å²) >= 11 is 5.85. The third-order valence-corrected chi connectivity index (χ3v) is 8.45. The molecule has 2 aromatic heterocycles. The second-order valence-corrected chi connectivity index (χ2v) is 11.3. The summed E-state index contributed by atoms with van der Waals surface area (Å²) in [6, 6.07) is 0. The number of aliphatic hydroxyl groups is 1. The second-order valence-electron chi connectivity index (χ2n) is 8.86. The van der Waals surface area contributed by atoms with Gasteiger partial charge in [0.15, 0.2) is 5.82 Å². The molecule has 2 aromatic rings. The van der Waals surface area contributed by atoms with Crippen molar-refractivity contribution in [2.45, 2.75) is 55.4 Å². The highest BCUT2D eigenvalue weighted by atomic mass is 35.5. The predicted octanol–water partition coefficient (Wildman–Crippen LogP) is 1.86. The van der Waals surface area contributed by atoms with E-state index in [4.69, 9.17) is 21.1 Å². The Hall–Kier alpha value is -1.86. The largest absolute Gasteiger partial charge is 0.396 e. The molecule has 2 aliphatic carbocycles. The number of nitrogens with zero attached hydrogens (tertiary/aromatic N) is 5. The van der Waals surface area contributed by atoms with E-state index >= 15 is 0 Å². The molecule has 0 saturated heterocycles. The van der Waals surface area contributed by atoms with Crippen LogP contribution in [0.4, 0.5) is 5.95 Å². The molecule has 2 fully saturated rings. The first-order valence-electron chi connectivity index (χ1n) is 10.8. The van der Waals surface area contributed by atoms with E-state index in [1.807, 2.05) is 4.57 Å². The Morgan fingerprint density at radius 1 is 1.27 bits per heavy atom. The van der Waals surface area contributed by atoms with E-state index < -0.39 is 21.4 Å². The molecule has 0 bridgehead atoms. The molecule has 0 radical (unpaired) electrons. The smallest absolute Gasteiger partial charge is 0.240 e. The molecule has 2 heterocycles. The summed E-state index contributed by atoms with van der Waals surface area (Å²) in [5, 5.41) is 17.3. The molecule has 182 valence electrons. The van der Waals surface area contributed by atoms with Gasteiger partial charge < -0.3 is 14.6 Å². The van der Waals surface area contributed by atoms with E-state index in [2.05, 4.69) is 24.9 Å². The number of sulfonamides is 1. The maximum absolute atomic E-state index is 13.3. The van der Waals surface area contributed by atoms with Crippen LogP contribution >= 0.6 is 11.6 Å². The SMILES string of the molecule is COCC1(n2c(NS(=O)(=O)C(C)C(OC)c3ncc(Cl)cn3)nnc2C2CC(CO)C2)CC1. The van der Waals surface area contributed by atoms with Crippen LogP contribution in [0.1, 0.15) is 56.3 Å². The van der Waals surface area contributed by atoms with Crippen LogP contribution in [0.25, 0.3) is 0 Å². The molecule has 0 aliphatic heterocycles. The van der Waals surface area contributed by atoms with E-state index in [-0.39, 0.29) is 35.8 Å². The van der Waals surface area contributed by atoms with Gasteiger partial charge in [0.2, 0.25) is 16.0 Å². The summed E-state index contributed by atoms with van der Waals surface area (Å²) < 4.78 is 42.1. The molecule has 0 amide bonds. The third kappa shape index (κ3) is 4.72. The van der Waals surface area contributed by atoms with Gasteiger partial charge in [0.1, 0.15) is 17.2 Å². The first kappa shape index (κ1) is 24.3. The van der Waals surface area contributed by atoms with E-state index in [0.717, 1.165) is 31.5 Å². The molecule has 2 unspecified atom stereocenters. The number of anilines is 1. The van der Waals surface area contributed by atoms with Crippen LogP contribution in [0, 0.1) is 5.92 Å². The lowest BCUT2D eigenvalue weighted by Crippen LogP contribution is -2.36. The van der Waals surface area contributed by atoms with Gasteiger partial charge in [0.25, 0.3) is 0 Å². The molecule has 0 spiro atoms. The first-order valence-corrected chi connectivity index (χ1v) is 12.7. The van der Waals surface area contributed by atoms with Crippen LogP contribution in [0.5, 0.6) is 0 Å². The van der Waals surface area contributed by atoms with Crippen LogP contribution in [0.15, 0.2) is 12.4 Å². The van der Waals surface area contributed by atoms with Crippen LogP contribution < -0.4 is 4.72 Å². The number of aliphatic hydroxyl groups excluding tert-OH is 1. The van der Waals surface area contributed by atoms with Gasteiger partial charge in [-0.3, -0.25) is 9.29 Å². The molecule has 2 N–H and O–H groups in total. The van der Waals surface area contributed by atoms with Gasteiger partial charge in [-0.15, -0.1) is 10.2 Å². The summed E-state index contributed by atoms with van der Waals surface area (Å²) in [6.07, 6.45) is 5.14. The minimum Gasteiger partial charge on any atom is -0.396 e. The standard InChI is InChI=1S/C20H29ClN6O5S/c1-12(16(32-3)17-22-8-15(21)9-23-17)33(29,30)26-19-25-24-18(14-6-13(7-14)10-28)27(19)20(4-5-20)11-31-2/h8-9,12-14,16,28H,4-7,10-11H2,1-3H3,(H,25,26). The normalized spacial score (nSPS) is 23.5. The van der Waals surface area contributed by atoms with Gasteiger partial charge in [-0.05, 0) is 38.5 Å². The fraction of sp³-hybridized carbons (Fsp3) is 0.700. The summed E-state index contributed by atoms with van der Waals surface area (Å²) in [4.78, 5) is 8.23. The van der Waals surface area contributed by atoms with Gasteiger partial charge in [-0.2, -0.15) is 0 Å². The minimum absolute atomic E-state index is 0.119. The number of methoxy groups -OCH3 is 2. The Labute approximate surface area is 197 Å². The van der Waals surface area contributed by atoms with E-state index in [1.165, 1.54) is 26.4 Å². The summed E-state index contributed by atoms with van der Waals surface area (Å²) in [6.45, 7) is 2.09. The highest BCUT2D eigenvalue weighted by Gasteiger charge is 2.50. The van der Waals surface area contributed by atoms with Crippen molar-refractivity contribution in [3.05, 3.63) is 29.1 Å². The van der Waals surface area contributed by atoms with Crippen molar-refractivity contribution in [1.29, 1.82) is 0 Å². The lowest BCUT2D eigenvalue weighted by Gasteiger charge is -2.35. The zero-order chi connectivity index (χ0) is 23.8. The summed E-state index contributed by atoms with van der Waals surface area (Å²) in [7, 11) is -0.936. The Morgan fingerprint density at radius 3 is 2.48 bits per heavy atom. The predicted molar refractivity (Wildman–Crippen MR) is 120 cm³/mol. The van der Waals surface area contributed by atoms with Crippen LogP contribution in [0.3, 0.4) is 0 Å². The maximum Gasteiger partial charge on any atom is 0.240 e. The lowest BCUT2D eigenvalue weighted by molar-refractivity contribution is 0.0950. The molecule has 0 aromatic carbocycles. The molecular weight excluding hydrogens is 472 g/mol. The fourth-order valence-electron chi connectivity index (χ4n) is 4.39. The Morgan fingerprint density at radius 2 is 1.94 bits per heavy atom. The molecule has 33 heavy (non-hydrogen) atoms. The van der Waals surface area contributed by atoms with Crippen LogP contribution in [-0.4, -0.2) is 70.9 Å². The zero-order valence-electron chi connectivity index (χ0n) is 18.8. The van der Waals surface area contributed by atoms with Gasteiger partial charge in [0, 0.05) is 39.1 Å². The van der Waals surface area contributed by atoms with Crippen LogP contribution in [0.2, 0.25) is 5.02 Å². The fourth-order valence-corrected chi connectivity index (χ4v) is 5.62. The van der Waals surface area contributed by atoms with Crippen molar-refractivity contribution in [3.8, 4) is 0 Å². The minimum atomic E-state index is -3.96. The molecule has 2 aliphatic rings. The van der Waals surface area contributed by atoms with Crippen molar-refractivity contribution in [2.24, 2.45) is 5.92 Å². The van der Waals surface area contributed by atoms with Crippen molar-refractivity contribution >= 4 is 27.6 Å². The number of nitrogens with one attached hydrogen (secondary N) is 1. The van der Waals surface area contributed by atoms with Crippen molar-refractivity contribution in [1.82, 2.24) is 24.7 Å². The van der Waals surface area contributed by atoms with Gasteiger partial charge >= 0.3 is 0 Å². The van der Waals surface area contributed by atoms with Crippen LogP contribution in [-0.2, 0) is 25.0 Å². The Balaban J connectivity index is 1.62. The van der Waals surface area contributed by atoms with Crippen molar-refractivity contribution in [3.63, 3.8) is 0 Å². The van der Waals surface area contributed by atoms with Crippen molar-refractivity contribution < 1.29 is 23.0 Å². The Kier molecular flexibility index (Phi) is 6.92. The number of ether oxygens (including phenoxy) is 2. The quantitative estimate of drug-likeness (QED) is 0.472. The average molecular weight is 501 g/mol. The lowest BCUT2D eigenvalue weighted by atomic mass is 9.75. The van der Waals surface area contributed by atoms with Gasteiger partial charge in [-0.1, -0.05) is 11.6 Å². The monoisotopic (exact) mass is 500 g/mol. The highest BCUT2D eigenvalue weighted by Crippen LogP contribution is 2.50. The molecule has 2 atom stereocenters. The summed E-state index contributed by atoms with van der Waals surface area (Å²) in [5.41, 5.74) is -0.376. The Bertz CT molecular complexity index is 1070. The van der Waals surface area contributed by atoms with E-state index in [1.54, 1.807) is 7.11 Å². The molecule has 4 rings (SSSR count). The highest BCUT2D eigenvalue weighted by molar-refractivity contribution is 7.93. The molecule has 2 saturated carbocycles. The first-order chi connectivity index (χ1) is 15.7. The number of hydrogen-bond acceptors (Lipinski definition) is 9. The van der Waals surface area contributed by atoms with Gasteiger partial charge in [0.05, 0.1) is 17.2 Å². The maximum atomic E-state index is 13.3. The zero-order valence-corrected chi connectivity index (χ0v) is 20.4. The molecule has 13 heteroatoms. The molecular formula is C20H29ClN6O5S. The van der Waals surface area contributed by atoms with E-state index in [0.29, 0.717) is 11.6 Å². The summed E-state index contributed by atoms with van der Waals surface area (Å²) in [5.74, 6) is 1.45. The third-order valence-electron chi connectivity index (χ3n) is 6.56. The average Bonchev–Trinajstić information content (AvgIpc) is 3.41. The van der Waals surface area contributed by atoms with Gasteiger partial charge in [-0.25, -0.2) is 18.4 Å². The topological polar surface area (TPSA) is 141 Å². The van der Waals surface area contributed by atoms with Crippen molar-refractivity contribution in [2.75, 3.05) is 32.2 Å². The molecule has 11 nitrogen and oxygen atoms in total. The second kappa shape index (κ2) is 9.41. The number of rotatable bonds is 11. The number of aromatic nitrogens is 5. The number of halogens is 1. The number of hydrogen-bond donors (Lipinski definition) is 2. The van der Waals surface area contributed by atoms with E-state index in [9.17, 15) is 13.5 Å².